The Morgan fingerprint density at radius 1 is 1.38 bits per heavy atom. The molecule has 0 aromatic rings. The highest BCUT2D eigenvalue weighted by atomic mass is 16.7. The van der Waals surface area contributed by atoms with Crippen LogP contribution in [0.3, 0.4) is 0 Å². The van der Waals surface area contributed by atoms with Crippen LogP contribution in [0.1, 0.15) is 47.0 Å². The molecule has 1 aliphatic heterocycles. The van der Waals surface area contributed by atoms with Crippen molar-refractivity contribution in [2.75, 3.05) is 6.61 Å². The third-order valence-corrected chi connectivity index (χ3v) is 2.81. The van der Waals surface area contributed by atoms with Gasteiger partial charge in [-0.3, -0.25) is 0 Å². The zero-order valence-corrected chi connectivity index (χ0v) is 11.0. The quantitative estimate of drug-likeness (QED) is 0.532. The fourth-order valence-corrected chi connectivity index (χ4v) is 2.04. The Hall–Kier alpha value is -0.760. The van der Waals surface area contributed by atoms with Gasteiger partial charge in [0.2, 0.25) is 0 Å². The van der Waals surface area contributed by atoms with E-state index in [0.717, 1.165) is 30.8 Å². The number of ether oxygens (including phenoxy) is 2. The van der Waals surface area contributed by atoms with Crippen molar-refractivity contribution in [1.29, 1.82) is 0 Å². The van der Waals surface area contributed by atoms with E-state index in [2.05, 4.69) is 33.4 Å². The Morgan fingerprint density at radius 2 is 2.06 bits per heavy atom. The van der Waals surface area contributed by atoms with Crippen molar-refractivity contribution in [3.8, 4) is 0 Å². The highest BCUT2D eigenvalue weighted by Crippen LogP contribution is 2.32. The predicted molar refractivity (Wildman–Crippen MR) is 67.0 cm³/mol. The van der Waals surface area contributed by atoms with Crippen molar-refractivity contribution >= 4 is 0 Å². The molecule has 0 aromatic carbocycles. The molecule has 0 aromatic heterocycles. The van der Waals surface area contributed by atoms with Gasteiger partial charge in [0.15, 0.2) is 6.29 Å². The predicted octanol–water partition coefficient (Wildman–Crippen LogP) is 4.04. The van der Waals surface area contributed by atoms with Crippen LogP contribution in [-0.2, 0) is 9.47 Å². The van der Waals surface area contributed by atoms with Gasteiger partial charge in [-0.05, 0) is 30.8 Å². The Labute approximate surface area is 99.3 Å². The van der Waals surface area contributed by atoms with Crippen LogP contribution in [0, 0.1) is 5.41 Å². The molecule has 2 nitrogen and oxygen atoms in total. The molecule has 0 spiro atoms. The molecular weight excluding hydrogens is 200 g/mol. The number of allylic oxidation sites excluding steroid dienone is 2. The van der Waals surface area contributed by atoms with Crippen LogP contribution in [0.15, 0.2) is 24.0 Å². The van der Waals surface area contributed by atoms with Crippen LogP contribution in [0.4, 0.5) is 0 Å². The van der Waals surface area contributed by atoms with E-state index in [4.69, 9.17) is 9.47 Å². The minimum absolute atomic E-state index is 0.0699. The van der Waals surface area contributed by atoms with E-state index in [0.29, 0.717) is 0 Å². The Balaban J connectivity index is 2.56. The minimum Gasteiger partial charge on any atom is -0.465 e. The maximum Gasteiger partial charge on any atom is 0.199 e. The van der Waals surface area contributed by atoms with Gasteiger partial charge in [-0.15, -0.1) is 0 Å². The summed E-state index contributed by atoms with van der Waals surface area (Å²) in [5.41, 5.74) is 1.22. The smallest absolute Gasteiger partial charge is 0.199 e. The Kier molecular flexibility index (Phi) is 4.60. The van der Waals surface area contributed by atoms with Crippen LogP contribution in [0.5, 0.6) is 0 Å². The molecule has 1 heterocycles. The molecule has 0 bridgehead atoms. The van der Waals surface area contributed by atoms with Crippen LogP contribution < -0.4 is 0 Å². The van der Waals surface area contributed by atoms with Gasteiger partial charge in [-0.2, -0.15) is 0 Å². The molecule has 1 saturated heterocycles. The number of rotatable bonds is 3. The average molecular weight is 224 g/mol. The van der Waals surface area contributed by atoms with Crippen LogP contribution >= 0.6 is 0 Å². The topological polar surface area (TPSA) is 18.5 Å². The number of hydrogen-bond acceptors (Lipinski definition) is 2. The van der Waals surface area contributed by atoms with Crippen molar-refractivity contribution in [1.82, 2.24) is 0 Å². The summed E-state index contributed by atoms with van der Waals surface area (Å²) in [7, 11) is 0. The first-order chi connectivity index (χ1) is 7.45. The Morgan fingerprint density at radius 3 is 2.50 bits per heavy atom. The van der Waals surface area contributed by atoms with Crippen molar-refractivity contribution in [2.45, 2.75) is 53.2 Å². The highest BCUT2D eigenvalue weighted by Gasteiger charge is 2.23. The monoisotopic (exact) mass is 224 g/mol. The molecule has 2 heteroatoms. The normalized spacial score (nSPS) is 23.0. The lowest BCUT2D eigenvalue weighted by molar-refractivity contribution is -0.137. The molecule has 1 rings (SSSR count). The molecule has 0 radical (unpaired) electrons. The SMILES string of the molecule is C=C(OC1CCCCO1)/C(=C\C)C(C)(C)C. The van der Waals surface area contributed by atoms with E-state index in [1.165, 1.54) is 6.42 Å². The summed E-state index contributed by atoms with van der Waals surface area (Å²) >= 11 is 0. The molecule has 1 fully saturated rings. The molecular formula is C14H24O2. The third kappa shape index (κ3) is 3.67. The summed E-state index contributed by atoms with van der Waals surface area (Å²) in [5, 5.41) is 0. The highest BCUT2D eigenvalue weighted by molar-refractivity contribution is 5.28. The van der Waals surface area contributed by atoms with Crippen LogP contribution in [-0.4, -0.2) is 12.9 Å². The van der Waals surface area contributed by atoms with Crippen molar-refractivity contribution in [3.05, 3.63) is 24.0 Å². The summed E-state index contributed by atoms with van der Waals surface area (Å²) in [4.78, 5) is 0. The fourth-order valence-electron chi connectivity index (χ4n) is 2.04. The lowest BCUT2D eigenvalue weighted by Crippen LogP contribution is -2.24. The lowest BCUT2D eigenvalue weighted by atomic mass is 9.85. The standard InChI is InChI=1S/C14H24O2/c1-6-12(14(3,4)5)11(2)16-13-9-7-8-10-15-13/h6,13H,2,7-10H2,1,3-5H3/b12-6+. The minimum atomic E-state index is -0.0986. The van der Waals surface area contributed by atoms with Gasteiger partial charge in [0.05, 0.1) is 6.61 Å². The molecule has 1 atom stereocenters. The molecule has 92 valence electrons. The molecule has 0 saturated carbocycles. The maximum absolute atomic E-state index is 5.79. The molecule has 1 unspecified atom stereocenters. The average Bonchev–Trinajstić information content (AvgIpc) is 2.17. The number of hydrogen-bond donors (Lipinski definition) is 0. The summed E-state index contributed by atoms with van der Waals surface area (Å²) in [5.74, 6) is 0.752. The molecule has 16 heavy (non-hydrogen) atoms. The largest absolute Gasteiger partial charge is 0.465 e. The summed E-state index contributed by atoms with van der Waals surface area (Å²) in [6.07, 6.45) is 5.27. The second-order valence-electron chi connectivity index (χ2n) is 5.29. The van der Waals surface area contributed by atoms with E-state index in [1.807, 2.05) is 6.92 Å². The van der Waals surface area contributed by atoms with E-state index >= 15 is 0 Å². The van der Waals surface area contributed by atoms with Crippen molar-refractivity contribution in [2.24, 2.45) is 5.41 Å². The van der Waals surface area contributed by atoms with Crippen LogP contribution in [0.2, 0.25) is 0 Å². The zero-order chi connectivity index (χ0) is 12.2. The molecule has 1 aliphatic rings. The molecule has 0 N–H and O–H groups in total. The van der Waals surface area contributed by atoms with Crippen LogP contribution in [0.25, 0.3) is 0 Å². The van der Waals surface area contributed by atoms with Gasteiger partial charge in [0.25, 0.3) is 0 Å². The molecule has 0 amide bonds. The van der Waals surface area contributed by atoms with Gasteiger partial charge in [0, 0.05) is 6.42 Å². The second kappa shape index (κ2) is 5.53. The van der Waals surface area contributed by atoms with Gasteiger partial charge in [-0.25, -0.2) is 0 Å². The third-order valence-electron chi connectivity index (χ3n) is 2.81. The maximum atomic E-state index is 5.79. The van der Waals surface area contributed by atoms with E-state index in [1.54, 1.807) is 0 Å². The first-order valence-corrected chi connectivity index (χ1v) is 6.09. The van der Waals surface area contributed by atoms with E-state index in [9.17, 15) is 0 Å². The van der Waals surface area contributed by atoms with E-state index < -0.39 is 0 Å². The second-order valence-corrected chi connectivity index (χ2v) is 5.29. The lowest BCUT2D eigenvalue weighted by Gasteiger charge is -2.29. The van der Waals surface area contributed by atoms with Crippen molar-refractivity contribution < 1.29 is 9.47 Å². The Bertz CT molecular complexity index is 265. The first kappa shape index (κ1) is 13.3. The molecule has 0 aliphatic carbocycles. The first-order valence-electron chi connectivity index (χ1n) is 6.09. The van der Waals surface area contributed by atoms with Gasteiger partial charge in [-0.1, -0.05) is 33.4 Å². The van der Waals surface area contributed by atoms with Gasteiger partial charge >= 0.3 is 0 Å². The van der Waals surface area contributed by atoms with Gasteiger partial charge in [0.1, 0.15) is 5.76 Å². The van der Waals surface area contributed by atoms with Gasteiger partial charge < -0.3 is 9.47 Å². The van der Waals surface area contributed by atoms with E-state index in [-0.39, 0.29) is 11.7 Å². The fraction of sp³-hybridized carbons (Fsp3) is 0.714. The summed E-state index contributed by atoms with van der Waals surface area (Å²) in [6, 6.07) is 0. The van der Waals surface area contributed by atoms with Crippen molar-refractivity contribution in [3.63, 3.8) is 0 Å². The zero-order valence-electron chi connectivity index (χ0n) is 11.0. The summed E-state index contributed by atoms with van der Waals surface area (Å²) in [6.45, 7) is 13.3. The summed E-state index contributed by atoms with van der Waals surface area (Å²) < 4.78 is 11.3.